The highest BCUT2D eigenvalue weighted by atomic mass is 35.5. The number of sulfonamides is 1. The summed E-state index contributed by atoms with van der Waals surface area (Å²) in [6.07, 6.45) is 1.20. The second-order valence-electron chi connectivity index (χ2n) is 6.90. The van der Waals surface area contributed by atoms with E-state index < -0.39 is 15.9 Å². The Labute approximate surface area is 180 Å². The van der Waals surface area contributed by atoms with Crippen molar-refractivity contribution in [3.63, 3.8) is 0 Å². The normalized spacial score (nSPS) is 17.7. The highest BCUT2D eigenvalue weighted by Gasteiger charge is 2.33. The molecule has 1 N–H and O–H groups in total. The highest BCUT2D eigenvalue weighted by Crippen LogP contribution is 2.31. The van der Waals surface area contributed by atoms with Crippen LogP contribution in [0.2, 0.25) is 10.0 Å². The number of benzene rings is 2. The lowest BCUT2D eigenvalue weighted by Crippen LogP contribution is -2.43. The van der Waals surface area contributed by atoms with Crippen molar-refractivity contribution in [2.75, 3.05) is 25.5 Å². The Morgan fingerprint density at radius 2 is 1.97 bits per heavy atom. The molecule has 0 unspecified atom stereocenters. The van der Waals surface area contributed by atoms with Crippen LogP contribution in [0.1, 0.15) is 18.4 Å². The summed E-state index contributed by atoms with van der Waals surface area (Å²) in [5, 5.41) is 3.66. The van der Waals surface area contributed by atoms with Crippen molar-refractivity contribution >= 4 is 44.8 Å². The first kappa shape index (κ1) is 21.9. The fourth-order valence-electron chi connectivity index (χ4n) is 3.31. The van der Waals surface area contributed by atoms with Gasteiger partial charge in [-0.25, -0.2) is 8.42 Å². The third-order valence-electron chi connectivity index (χ3n) is 5.04. The average molecular weight is 457 g/mol. The van der Waals surface area contributed by atoms with E-state index in [-0.39, 0.29) is 22.4 Å². The predicted molar refractivity (Wildman–Crippen MR) is 114 cm³/mol. The van der Waals surface area contributed by atoms with Gasteiger partial charge in [-0.15, -0.1) is 0 Å². The Kier molecular flexibility index (Phi) is 6.73. The van der Waals surface area contributed by atoms with Crippen LogP contribution >= 0.6 is 23.2 Å². The summed E-state index contributed by atoms with van der Waals surface area (Å²) in [6.45, 7) is 2.28. The van der Waals surface area contributed by atoms with Crippen LogP contribution in [0.25, 0.3) is 0 Å². The number of nitrogens with one attached hydrogen (secondary N) is 1. The molecule has 1 aliphatic heterocycles. The minimum Gasteiger partial charge on any atom is -0.495 e. The number of nitrogens with zero attached hydrogens (tertiary/aromatic N) is 1. The Morgan fingerprint density at radius 3 is 2.66 bits per heavy atom. The van der Waals surface area contributed by atoms with Crippen LogP contribution in [0.15, 0.2) is 41.3 Å². The molecule has 0 spiro atoms. The van der Waals surface area contributed by atoms with Gasteiger partial charge in [0.05, 0.1) is 22.9 Å². The lowest BCUT2D eigenvalue weighted by molar-refractivity contribution is -0.120. The zero-order chi connectivity index (χ0) is 21.2. The Balaban J connectivity index is 1.76. The van der Waals surface area contributed by atoms with Crippen LogP contribution in [0.3, 0.4) is 0 Å². The third-order valence-corrected chi connectivity index (χ3v) is 7.61. The first-order valence-electron chi connectivity index (χ1n) is 9.13. The number of halogens is 2. The molecule has 1 atom stereocenters. The first-order chi connectivity index (χ1) is 13.7. The summed E-state index contributed by atoms with van der Waals surface area (Å²) >= 11 is 12.2. The highest BCUT2D eigenvalue weighted by molar-refractivity contribution is 7.89. The summed E-state index contributed by atoms with van der Waals surface area (Å²) in [5.74, 6) is -0.271. The molecule has 9 heteroatoms. The molecule has 1 saturated heterocycles. The topological polar surface area (TPSA) is 75.7 Å². The molecule has 3 rings (SSSR count). The maximum atomic E-state index is 13.0. The summed E-state index contributed by atoms with van der Waals surface area (Å²) in [6, 6.07) is 9.63. The van der Waals surface area contributed by atoms with Gasteiger partial charge in [-0.05, 0) is 55.7 Å². The molecule has 1 heterocycles. The lowest BCUT2D eigenvalue weighted by Gasteiger charge is -2.31. The monoisotopic (exact) mass is 456 g/mol. The number of hydrogen-bond acceptors (Lipinski definition) is 4. The van der Waals surface area contributed by atoms with Crippen LogP contribution < -0.4 is 10.1 Å². The predicted octanol–water partition coefficient (Wildman–Crippen LogP) is 4.35. The van der Waals surface area contributed by atoms with E-state index in [9.17, 15) is 13.2 Å². The maximum Gasteiger partial charge on any atom is 0.243 e. The first-order valence-corrected chi connectivity index (χ1v) is 11.3. The van der Waals surface area contributed by atoms with Gasteiger partial charge in [0.2, 0.25) is 15.9 Å². The minimum atomic E-state index is -3.77. The number of amides is 1. The van der Waals surface area contributed by atoms with Crippen LogP contribution in [0.5, 0.6) is 5.75 Å². The van der Waals surface area contributed by atoms with E-state index in [4.69, 9.17) is 27.9 Å². The van der Waals surface area contributed by atoms with Crippen molar-refractivity contribution in [3.8, 4) is 5.75 Å². The fraction of sp³-hybridized carbons (Fsp3) is 0.350. The SMILES string of the molecule is COc1ccc(S(=O)(=O)N2CCC[C@H](C(=O)Nc3cccc(Cl)c3C)C2)cc1Cl. The van der Waals surface area contributed by atoms with Crippen LogP contribution in [-0.4, -0.2) is 38.8 Å². The van der Waals surface area contributed by atoms with Gasteiger partial charge < -0.3 is 10.1 Å². The molecule has 2 aromatic carbocycles. The van der Waals surface area contributed by atoms with E-state index in [2.05, 4.69) is 5.32 Å². The van der Waals surface area contributed by atoms with Gasteiger partial charge in [-0.1, -0.05) is 29.3 Å². The van der Waals surface area contributed by atoms with Crippen molar-refractivity contribution in [2.24, 2.45) is 5.92 Å². The van der Waals surface area contributed by atoms with Crippen molar-refractivity contribution in [1.29, 1.82) is 0 Å². The minimum absolute atomic E-state index is 0.0787. The molecule has 1 fully saturated rings. The molecule has 0 bridgehead atoms. The second-order valence-corrected chi connectivity index (χ2v) is 9.65. The van der Waals surface area contributed by atoms with Crippen LogP contribution in [0.4, 0.5) is 5.69 Å². The molecule has 0 aromatic heterocycles. The van der Waals surface area contributed by atoms with E-state index >= 15 is 0 Å². The van der Waals surface area contributed by atoms with Gasteiger partial charge in [0.25, 0.3) is 0 Å². The number of rotatable bonds is 5. The van der Waals surface area contributed by atoms with Crippen molar-refractivity contribution in [2.45, 2.75) is 24.7 Å². The zero-order valence-corrected chi connectivity index (χ0v) is 18.4. The quantitative estimate of drug-likeness (QED) is 0.725. The molecular weight excluding hydrogens is 435 g/mol. The summed E-state index contributed by atoms with van der Waals surface area (Å²) in [7, 11) is -2.31. The molecule has 1 amide bonds. The van der Waals surface area contributed by atoms with E-state index in [0.29, 0.717) is 35.8 Å². The molecule has 0 radical (unpaired) electrons. The molecule has 1 aliphatic rings. The standard InChI is InChI=1S/C20H22Cl2N2O4S/c1-13-16(21)6-3-7-18(13)23-20(25)14-5-4-10-24(12-14)29(26,27)15-8-9-19(28-2)17(22)11-15/h3,6-9,11,14H,4-5,10,12H2,1-2H3,(H,23,25)/t14-/m0/s1. The van der Waals surface area contributed by atoms with Gasteiger partial charge in [-0.3, -0.25) is 4.79 Å². The summed E-state index contributed by atoms with van der Waals surface area (Å²) < 4.78 is 32.5. The van der Waals surface area contributed by atoms with E-state index in [1.807, 2.05) is 6.92 Å². The lowest BCUT2D eigenvalue weighted by atomic mass is 9.98. The van der Waals surface area contributed by atoms with Crippen LogP contribution in [-0.2, 0) is 14.8 Å². The number of piperidine rings is 1. The number of carbonyl (C=O) groups is 1. The smallest absolute Gasteiger partial charge is 0.243 e. The number of carbonyl (C=O) groups excluding carboxylic acids is 1. The van der Waals surface area contributed by atoms with Gasteiger partial charge in [0.15, 0.2) is 0 Å². The van der Waals surface area contributed by atoms with Crippen molar-refractivity contribution in [3.05, 3.63) is 52.0 Å². The molecule has 156 valence electrons. The average Bonchev–Trinajstić information content (AvgIpc) is 2.71. The Bertz CT molecular complexity index is 1030. The largest absolute Gasteiger partial charge is 0.495 e. The van der Waals surface area contributed by atoms with Gasteiger partial charge in [-0.2, -0.15) is 4.31 Å². The number of ether oxygens (including phenoxy) is 1. The molecule has 29 heavy (non-hydrogen) atoms. The summed E-state index contributed by atoms with van der Waals surface area (Å²) in [4.78, 5) is 12.8. The molecule has 0 saturated carbocycles. The fourth-order valence-corrected chi connectivity index (χ4v) is 5.36. The zero-order valence-electron chi connectivity index (χ0n) is 16.1. The van der Waals surface area contributed by atoms with E-state index in [0.717, 1.165) is 5.56 Å². The molecule has 0 aliphatic carbocycles. The van der Waals surface area contributed by atoms with Gasteiger partial charge in [0, 0.05) is 23.8 Å². The van der Waals surface area contributed by atoms with Gasteiger partial charge >= 0.3 is 0 Å². The Hall–Kier alpha value is -1.80. The van der Waals surface area contributed by atoms with Gasteiger partial charge in [0.1, 0.15) is 5.75 Å². The second kappa shape index (κ2) is 8.92. The molecular formula is C20H22Cl2N2O4S. The van der Waals surface area contributed by atoms with Crippen molar-refractivity contribution < 1.29 is 17.9 Å². The summed E-state index contributed by atoms with van der Waals surface area (Å²) in [5.41, 5.74) is 1.40. The number of methoxy groups -OCH3 is 1. The molecule has 6 nitrogen and oxygen atoms in total. The van der Waals surface area contributed by atoms with Crippen molar-refractivity contribution in [1.82, 2.24) is 4.31 Å². The van der Waals surface area contributed by atoms with E-state index in [1.54, 1.807) is 18.2 Å². The molecule has 2 aromatic rings. The third kappa shape index (κ3) is 4.69. The number of hydrogen-bond donors (Lipinski definition) is 1. The van der Waals surface area contributed by atoms with E-state index in [1.165, 1.54) is 29.6 Å². The van der Waals surface area contributed by atoms with Crippen LogP contribution in [0, 0.1) is 12.8 Å². The maximum absolute atomic E-state index is 13.0. The number of anilines is 1. The Morgan fingerprint density at radius 1 is 1.21 bits per heavy atom.